The minimum Gasteiger partial charge on any atom is -0.395 e. The van der Waals surface area contributed by atoms with Crippen molar-refractivity contribution in [1.29, 1.82) is 0 Å². The maximum Gasteiger partial charge on any atom is 0.0897 e. The molecule has 0 aliphatic rings. The molecular weight excluding hydrogens is 160 g/mol. The second-order valence-corrected chi connectivity index (χ2v) is 2.65. The fraction of sp³-hybridized carbons (Fsp3) is 1.00. The minimum atomic E-state index is -0.747. The lowest BCUT2D eigenvalue weighted by Gasteiger charge is -2.22. The SMILES string of the molecule is NCCN(CCO)CC(O)CO. The van der Waals surface area contributed by atoms with Gasteiger partial charge in [0, 0.05) is 26.2 Å². The van der Waals surface area contributed by atoms with E-state index in [1.165, 1.54) is 0 Å². The summed E-state index contributed by atoms with van der Waals surface area (Å²) in [6.07, 6.45) is -0.747. The Hall–Kier alpha value is -0.200. The summed E-state index contributed by atoms with van der Waals surface area (Å²) in [5, 5.41) is 26.2. The first-order valence-corrected chi connectivity index (χ1v) is 4.06. The molecule has 0 spiro atoms. The van der Waals surface area contributed by atoms with Crippen LogP contribution in [0.25, 0.3) is 0 Å². The third kappa shape index (κ3) is 5.45. The topological polar surface area (TPSA) is 90.0 Å². The van der Waals surface area contributed by atoms with Gasteiger partial charge in [-0.1, -0.05) is 0 Å². The Morgan fingerprint density at radius 2 is 1.92 bits per heavy atom. The van der Waals surface area contributed by atoms with E-state index in [4.69, 9.17) is 21.1 Å². The molecule has 12 heavy (non-hydrogen) atoms. The summed E-state index contributed by atoms with van der Waals surface area (Å²) in [7, 11) is 0. The van der Waals surface area contributed by atoms with Crippen LogP contribution in [-0.4, -0.2) is 65.7 Å². The van der Waals surface area contributed by atoms with Crippen LogP contribution < -0.4 is 5.73 Å². The van der Waals surface area contributed by atoms with Gasteiger partial charge in [-0.25, -0.2) is 0 Å². The van der Waals surface area contributed by atoms with Crippen LogP contribution >= 0.6 is 0 Å². The first-order chi connectivity index (χ1) is 5.74. The number of aliphatic hydroxyl groups excluding tert-OH is 3. The average Bonchev–Trinajstić information content (AvgIpc) is 2.05. The lowest BCUT2D eigenvalue weighted by atomic mass is 10.3. The molecule has 0 radical (unpaired) electrons. The number of hydrogen-bond donors (Lipinski definition) is 4. The third-order valence-corrected chi connectivity index (χ3v) is 1.54. The molecule has 5 nitrogen and oxygen atoms in total. The number of nitrogens with two attached hydrogens (primary N) is 1. The van der Waals surface area contributed by atoms with Gasteiger partial charge in [0.15, 0.2) is 0 Å². The highest BCUT2D eigenvalue weighted by molar-refractivity contribution is 4.63. The molecule has 0 bridgehead atoms. The Kier molecular flexibility index (Phi) is 7.33. The second-order valence-electron chi connectivity index (χ2n) is 2.65. The van der Waals surface area contributed by atoms with Crippen molar-refractivity contribution >= 4 is 0 Å². The van der Waals surface area contributed by atoms with Gasteiger partial charge in [0.2, 0.25) is 0 Å². The number of nitrogens with zero attached hydrogens (tertiary/aromatic N) is 1. The molecule has 74 valence electrons. The monoisotopic (exact) mass is 178 g/mol. The van der Waals surface area contributed by atoms with E-state index < -0.39 is 6.10 Å². The molecule has 0 aromatic heterocycles. The van der Waals surface area contributed by atoms with Gasteiger partial charge in [-0.3, -0.25) is 4.90 Å². The van der Waals surface area contributed by atoms with Crippen LogP contribution in [0.5, 0.6) is 0 Å². The number of aliphatic hydroxyl groups is 3. The summed E-state index contributed by atoms with van der Waals surface area (Å²) >= 11 is 0. The fourth-order valence-electron chi connectivity index (χ4n) is 0.974. The summed E-state index contributed by atoms with van der Waals surface area (Å²) in [6, 6.07) is 0. The maximum atomic E-state index is 9.07. The van der Waals surface area contributed by atoms with E-state index in [-0.39, 0.29) is 13.2 Å². The van der Waals surface area contributed by atoms with Crippen LogP contribution in [0.15, 0.2) is 0 Å². The zero-order valence-electron chi connectivity index (χ0n) is 7.19. The number of rotatable bonds is 7. The van der Waals surface area contributed by atoms with Crippen molar-refractivity contribution < 1.29 is 15.3 Å². The third-order valence-electron chi connectivity index (χ3n) is 1.54. The van der Waals surface area contributed by atoms with E-state index in [1.807, 2.05) is 0 Å². The van der Waals surface area contributed by atoms with Gasteiger partial charge in [0.25, 0.3) is 0 Å². The maximum absolute atomic E-state index is 9.07. The summed E-state index contributed by atoms with van der Waals surface area (Å²) < 4.78 is 0. The predicted molar refractivity (Wildman–Crippen MR) is 45.7 cm³/mol. The normalized spacial score (nSPS) is 13.8. The predicted octanol–water partition coefficient (Wildman–Crippen LogP) is -2.41. The van der Waals surface area contributed by atoms with E-state index in [2.05, 4.69) is 0 Å². The lowest BCUT2D eigenvalue weighted by Crippen LogP contribution is -2.39. The molecule has 0 fully saturated rings. The molecule has 1 unspecified atom stereocenters. The molecule has 0 saturated heterocycles. The fourth-order valence-corrected chi connectivity index (χ4v) is 0.974. The van der Waals surface area contributed by atoms with Crippen molar-refractivity contribution in [3.05, 3.63) is 0 Å². The molecule has 1 atom stereocenters. The lowest BCUT2D eigenvalue weighted by molar-refractivity contribution is 0.0546. The van der Waals surface area contributed by atoms with Crippen LogP contribution in [0.3, 0.4) is 0 Å². The van der Waals surface area contributed by atoms with Gasteiger partial charge < -0.3 is 21.1 Å². The molecular formula is C7H18N2O3. The molecule has 0 aliphatic heterocycles. The van der Waals surface area contributed by atoms with E-state index >= 15 is 0 Å². The highest BCUT2D eigenvalue weighted by atomic mass is 16.3. The number of hydrogen-bond acceptors (Lipinski definition) is 5. The second kappa shape index (κ2) is 7.45. The van der Waals surface area contributed by atoms with E-state index in [0.717, 1.165) is 0 Å². The molecule has 0 aliphatic carbocycles. The van der Waals surface area contributed by atoms with E-state index in [0.29, 0.717) is 26.2 Å². The van der Waals surface area contributed by atoms with Gasteiger partial charge >= 0.3 is 0 Å². The molecule has 0 aromatic rings. The molecule has 0 saturated carbocycles. The van der Waals surface area contributed by atoms with E-state index in [9.17, 15) is 0 Å². The van der Waals surface area contributed by atoms with Crippen molar-refractivity contribution in [1.82, 2.24) is 4.90 Å². The Balaban J connectivity index is 3.61. The Morgan fingerprint density at radius 1 is 1.25 bits per heavy atom. The van der Waals surface area contributed by atoms with Gasteiger partial charge in [-0.05, 0) is 0 Å². The van der Waals surface area contributed by atoms with Crippen LogP contribution in [0.2, 0.25) is 0 Å². The summed E-state index contributed by atoms with van der Waals surface area (Å²) in [6.45, 7) is 1.73. The van der Waals surface area contributed by atoms with Crippen molar-refractivity contribution in [3.8, 4) is 0 Å². The summed E-state index contributed by atoms with van der Waals surface area (Å²) in [5.74, 6) is 0. The van der Waals surface area contributed by atoms with Crippen molar-refractivity contribution in [2.45, 2.75) is 6.10 Å². The first-order valence-electron chi connectivity index (χ1n) is 4.06. The standard InChI is InChI=1S/C7H18N2O3/c8-1-2-9(3-4-10)5-7(12)6-11/h7,10-12H,1-6,8H2. The molecule has 0 heterocycles. The van der Waals surface area contributed by atoms with Crippen molar-refractivity contribution in [2.75, 3.05) is 39.4 Å². The highest BCUT2D eigenvalue weighted by Gasteiger charge is 2.08. The van der Waals surface area contributed by atoms with E-state index in [1.54, 1.807) is 4.90 Å². The van der Waals surface area contributed by atoms with Crippen LogP contribution in [0, 0.1) is 0 Å². The zero-order chi connectivity index (χ0) is 9.40. The van der Waals surface area contributed by atoms with Crippen LogP contribution in [0.1, 0.15) is 0 Å². The summed E-state index contributed by atoms with van der Waals surface area (Å²) in [5.41, 5.74) is 5.31. The average molecular weight is 178 g/mol. The quantitative estimate of drug-likeness (QED) is 0.349. The Labute approximate surface area is 72.4 Å². The highest BCUT2D eigenvalue weighted by Crippen LogP contribution is 1.90. The molecule has 0 amide bonds. The van der Waals surface area contributed by atoms with Crippen LogP contribution in [0.4, 0.5) is 0 Å². The molecule has 5 heteroatoms. The Bertz CT molecular complexity index is 96.7. The summed E-state index contributed by atoms with van der Waals surface area (Å²) in [4.78, 5) is 1.81. The zero-order valence-corrected chi connectivity index (χ0v) is 7.19. The van der Waals surface area contributed by atoms with Gasteiger partial charge in [0.1, 0.15) is 0 Å². The Morgan fingerprint density at radius 3 is 2.33 bits per heavy atom. The largest absolute Gasteiger partial charge is 0.395 e. The van der Waals surface area contributed by atoms with Gasteiger partial charge in [-0.15, -0.1) is 0 Å². The van der Waals surface area contributed by atoms with Crippen molar-refractivity contribution in [2.24, 2.45) is 5.73 Å². The van der Waals surface area contributed by atoms with Gasteiger partial charge in [0.05, 0.1) is 19.3 Å². The van der Waals surface area contributed by atoms with Crippen LogP contribution in [-0.2, 0) is 0 Å². The molecule has 5 N–H and O–H groups in total. The van der Waals surface area contributed by atoms with Gasteiger partial charge in [-0.2, -0.15) is 0 Å². The smallest absolute Gasteiger partial charge is 0.0897 e. The molecule has 0 rings (SSSR count). The first kappa shape index (κ1) is 11.8. The molecule has 0 aromatic carbocycles. The van der Waals surface area contributed by atoms with Crippen molar-refractivity contribution in [3.63, 3.8) is 0 Å². The minimum absolute atomic E-state index is 0.0398.